The first-order chi connectivity index (χ1) is 10.6. The molecule has 1 heterocycles. The molecule has 2 amide bonds. The lowest BCUT2D eigenvalue weighted by Gasteiger charge is -2.06. The number of nitrogens with one attached hydrogen (secondary N) is 2. The van der Waals surface area contributed by atoms with Crippen molar-refractivity contribution in [2.45, 2.75) is 26.3 Å². The van der Waals surface area contributed by atoms with Crippen molar-refractivity contribution in [3.63, 3.8) is 0 Å². The van der Waals surface area contributed by atoms with Crippen molar-refractivity contribution >= 4 is 28.2 Å². The molecule has 114 valence electrons. The first-order valence-electron chi connectivity index (χ1n) is 7.37. The van der Waals surface area contributed by atoms with Gasteiger partial charge in [-0.15, -0.1) is 11.3 Å². The number of hydrogen-bond acceptors (Lipinski definition) is 3. The summed E-state index contributed by atoms with van der Waals surface area (Å²) in [6, 6.07) is 11.5. The van der Waals surface area contributed by atoms with Gasteiger partial charge in [-0.3, -0.25) is 9.59 Å². The highest BCUT2D eigenvalue weighted by Crippen LogP contribution is 2.31. The maximum Gasteiger partial charge on any atom is 0.261 e. The lowest BCUT2D eigenvalue weighted by molar-refractivity contribution is -0.117. The van der Waals surface area contributed by atoms with Gasteiger partial charge in [-0.2, -0.15) is 0 Å². The quantitative estimate of drug-likeness (QED) is 0.889. The molecule has 3 rings (SSSR count). The van der Waals surface area contributed by atoms with Crippen LogP contribution in [-0.2, 0) is 11.3 Å². The highest BCUT2D eigenvalue weighted by Gasteiger charge is 2.29. The summed E-state index contributed by atoms with van der Waals surface area (Å²) in [4.78, 5) is 24.5. The molecule has 1 aliphatic rings. The predicted molar refractivity (Wildman–Crippen MR) is 88.0 cm³/mol. The van der Waals surface area contributed by atoms with Crippen molar-refractivity contribution in [2.24, 2.45) is 5.92 Å². The molecule has 0 bridgehead atoms. The van der Waals surface area contributed by atoms with Crippen LogP contribution in [0, 0.1) is 12.8 Å². The van der Waals surface area contributed by atoms with E-state index in [2.05, 4.69) is 10.6 Å². The smallest absolute Gasteiger partial charge is 0.261 e. The SMILES string of the molecule is Cc1ccccc1CNC(=O)c1ccc(NC(=O)C2CC2)s1. The summed E-state index contributed by atoms with van der Waals surface area (Å²) in [6.45, 7) is 2.53. The fraction of sp³-hybridized carbons (Fsp3) is 0.294. The number of hydrogen-bond donors (Lipinski definition) is 2. The number of thiophene rings is 1. The number of amides is 2. The van der Waals surface area contributed by atoms with E-state index in [0.717, 1.165) is 29.0 Å². The number of anilines is 1. The largest absolute Gasteiger partial charge is 0.347 e. The van der Waals surface area contributed by atoms with Crippen LogP contribution >= 0.6 is 11.3 Å². The number of carbonyl (C=O) groups excluding carboxylic acids is 2. The van der Waals surface area contributed by atoms with Gasteiger partial charge in [-0.25, -0.2) is 0 Å². The van der Waals surface area contributed by atoms with Gasteiger partial charge in [0.05, 0.1) is 9.88 Å². The van der Waals surface area contributed by atoms with E-state index in [9.17, 15) is 9.59 Å². The minimum absolute atomic E-state index is 0.0636. The van der Waals surface area contributed by atoms with Crippen LogP contribution in [0.3, 0.4) is 0 Å². The zero-order valence-electron chi connectivity index (χ0n) is 12.4. The third kappa shape index (κ3) is 3.54. The van der Waals surface area contributed by atoms with Crippen LogP contribution in [0.25, 0.3) is 0 Å². The Bertz CT molecular complexity index is 704. The van der Waals surface area contributed by atoms with E-state index in [4.69, 9.17) is 0 Å². The molecule has 0 saturated heterocycles. The molecule has 0 atom stereocenters. The van der Waals surface area contributed by atoms with Gasteiger partial charge in [0, 0.05) is 12.5 Å². The first kappa shape index (κ1) is 14.8. The summed E-state index contributed by atoms with van der Waals surface area (Å²) in [7, 11) is 0. The Morgan fingerprint density at radius 2 is 1.95 bits per heavy atom. The van der Waals surface area contributed by atoms with Crippen molar-refractivity contribution in [3.8, 4) is 0 Å². The molecule has 0 spiro atoms. The highest BCUT2D eigenvalue weighted by molar-refractivity contribution is 7.18. The van der Waals surface area contributed by atoms with Crippen LogP contribution < -0.4 is 10.6 Å². The average molecular weight is 314 g/mol. The Hall–Kier alpha value is -2.14. The molecule has 1 aliphatic carbocycles. The maximum absolute atomic E-state index is 12.2. The Labute approximate surface area is 133 Å². The van der Waals surface area contributed by atoms with Gasteiger partial charge in [0.15, 0.2) is 0 Å². The average Bonchev–Trinajstić information content (AvgIpc) is 3.26. The van der Waals surface area contributed by atoms with E-state index in [1.54, 1.807) is 12.1 Å². The lowest BCUT2D eigenvalue weighted by atomic mass is 10.1. The Morgan fingerprint density at radius 1 is 1.18 bits per heavy atom. The van der Waals surface area contributed by atoms with Crippen LogP contribution in [0.4, 0.5) is 5.00 Å². The third-order valence-electron chi connectivity index (χ3n) is 3.72. The number of benzene rings is 1. The van der Waals surface area contributed by atoms with E-state index >= 15 is 0 Å². The normalized spacial score (nSPS) is 13.7. The summed E-state index contributed by atoms with van der Waals surface area (Å²) in [5, 5.41) is 6.51. The second-order valence-electron chi connectivity index (χ2n) is 5.54. The van der Waals surface area contributed by atoms with E-state index in [1.807, 2.05) is 31.2 Å². The van der Waals surface area contributed by atoms with Crippen molar-refractivity contribution in [1.82, 2.24) is 5.32 Å². The number of carbonyl (C=O) groups is 2. The molecule has 1 aromatic carbocycles. The Morgan fingerprint density at radius 3 is 2.68 bits per heavy atom. The van der Waals surface area contributed by atoms with Gasteiger partial charge in [0.2, 0.25) is 5.91 Å². The van der Waals surface area contributed by atoms with Crippen molar-refractivity contribution < 1.29 is 9.59 Å². The summed E-state index contributed by atoms with van der Waals surface area (Å²) in [5.74, 6) is 0.120. The monoisotopic (exact) mass is 314 g/mol. The molecule has 0 unspecified atom stereocenters. The maximum atomic E-state index is 12.2. The molecule has 2 N–H and O–H groups in total. The van der Waals surface area contributed by atoms with Crippen molar-refractivity contribution in [2.75, 3.05) is 5.32 Å². The van der Waals surface area contributed by atoms with Crippen LogP contribution in [0.15, 0.2) is 36.4 Å². The first-order valence-corrected chi connectivity index (χ1v) is 8.18. The summed E-state index contributed by atoms with van der Waals surface area (Å²) >= 11 is 1.31. The van der Waals surface area contributed by atoms with E-state index in [-0.39, 0.29) is 17.7 Å². The summed E-state index contributed by atoms with van der Waals surface area (Å²) in [5.41, 5.74) is 2.26. The minimum Gasteiger partial charge on any atom is -0.347 e. The molecule has 22 heavy (non-hydrogen) atoms. The molecule has 1 saturated carbocycles. The van der Waals surface area contributed by atoms with Gasteiger partial charge >= 0.3 is 0 Å². The van der Waals surface area contributed by atoms with Gasteiger partial charge in [-0.05, 0) is 43.0 Å². The molecule has 2 aromatic rings. The van der Waals surface area contributed by atoms with Gasteiger partial charge in [-0.1, -0.05) is 24.3 Å². The second-order valence-corrected chi connectivity index (χ2v) is 6.62. The second kappa shape index (κ2) is 6.32. The predicted octanol–water partition coefficient (Wildman–Crippen LogP) is 3.34. The van der Waals surface area contributed by atoms with E-state index in [0.29, 0.717) is 11.4 Å². The summed E-state index contributed by atoms with van der Waals surface area (Å²) in [6.07, 6.45) is 1.95. The molecule has 0 aliphatic heterocycles. The molecule has 4 nitrogen and oxygen atoms in total. The fourth-order valence-corrected chi connectivity index (χ4v) is 2.99. The molecule has 5 heteroatoms. The van der Waals surface area contributed by atoms with E-state index < -0.39 is 0 Å². The standard InChI is InChI=1S/C17H18N2O2S/c1-11-4-2-3-5-13(11)10-18-17(21)14-8-9-15(22-14)19-16(20)12-6-7-12/h2-5,8-9,12H,6-7,10H2,1H3,(H,18,21)(H,19,20). The zero-order chi connectivity index (χ0) is 15.5. The molecule has 0 radical (unpaired) electrons. The van der Waals surface area contributed by atoms with Crippen LogP contribution in [0.1, 0.15) is 33.6 Å². The number of aryl methyl sites for hydroxylation is 1. The minimum atomic E-state index is -0.111. The molecule has 1 fully saturated rings. The van der Waals surface area contributed by atoms with Gasteiger partial charge in [0.1, 0.15) is 0 Å². The molecule has 1 aromatic heterocycles. The Kier molecular flexibility index (Phi) is 4.24. The third-order valence-corrected chi connectivity index (χ3v) is 4.72. The van der Waals surface area contributed by atoms with Crippen LogP contribution in [0.2, 0.25) is 0 Å². The van der Waals surface area contributed by atoms with Gasteiger partial charge in [0.25, 0.3) is 5.91 Å². The van der Waals surface area contributed by atoms with Crippen molar-refractivity contribution in [1.29, 1.82) is 0 Å². The zero-order valence-corrected chi connectivity index (χ0v) is 13.2. The summed E-state index contributed by atoms with van der Waals surface area (Å²) < 4.78 is 0. The molecular weight excluding hydrogens is 296 g/mol. The van der Waals surface area contributed by atoms with Crippen molar-refractivity contribution in [3.05, 3.63) is 52.4 Å². The van der Waals surface area contributed by atoms with E-state index in [1.165, 1.54) is 11.3 Å². The van der Waals surface area contributed by atoms with Crippen LogP contribution in [-0.4, -0.2) is 11.8 Å². The van der Waals surface area contributed by atoms with Crippen LogP contribution in [0.5, 0.6) is 0 Å². The Balaban J connectivity index is 1.57. The molecular formula is C17H18N2O2S. The highest BCUT2D eigenvalue weighted by atomic mass is 32.1. The number of rotatable bonds is 5. The topological polar surface area (TPSA) is 58.2 Å². The van der Waals surface area contributed by atoms with Gasteiger partial charge < -0.3 is 10.6 Å². The lowest BCUT2D eigenvalue weighted by Crippen LogP contribution is -2.22. The fourth-order valence-electron chi connectivity index (χ4n) is 2.17.